The van der Waals surface area contributed by atoms with E-state index in [2.05, 4.69) is 0 Å². The predicted molar refractivity (Wildman–Crippen MR) is 116 cm³/mol. The Kier molecular flexibility index (Phi) is 6.02. The molecule has 0 aliphatic heterocycles. The molecule has 2 N–H and O–H groups in total. The number of methoxy groups -OCH3 is 2. The fourth-order valence-electron chi connectivity index (χ4n) is 3.06. The molecule has 0 amide bonds. The quantitative estimate of drug-likeness (QED) is 0.614. The van der Waals surface area contributed by atoms with E-state index >= 15 is 0 Å². The summed E-state index contributed by atoms with van der Waals surface area (Å²) < 4.78 is 10.8. The van der Waals surface area contributed by atoms with Crippen molar-refractivity contribution >= 4 is 35.4 Å². The molecule has 0 atom stereocenters. The van der Waals surface area contributed by atoms with Gasteiger partial charge in [-0.1, -0.05) is 23.7 Å². The number of hydrogen-bond donors (Lipinski definition) is 2. The van der Waals surface area contributed by atoms with E-state index in [0.29, 0.717) is 38.3 Å². The number of ether oxygens (including phenoxy) is 2. The summed E-state index contributed by atoms with van der Waals surface area (Å²) in [6.45, 7) is 3.65. The van der Waals surface area contributed by atoms with Crippen molar-refractivity contribution in [3.05, 3.63) is 64.7 Å². The summed E-state index contributed by atoms with van der Waals surface area (Å²) in [7, 11) is 1.85. The minimum atomic E-state index is -1.32. The van der Waals surface area contributed by atoms with Crippen LogP contribution >= 0.6 is 19.5 Å². The molecular formula is C22H22ClO4P. The van der Waals surface area contributed by atoms with Gasteiger partial charge in [0.25, 0.3) is 0 Å². The summed E-state index contributed by atoms with van der Waals surface area (Å²) in [6, 6.07) is 14.6. The fourth-order valence-corrected chi connectivity index (χ4v) is 5.93. The Morgan fingerprint density at radius 1 is 0.786 bits per heavy atom. The third kappa shape index (κ3) is 3.89. The standard InChI is InChI=1S/C22H22ClO4P/c1-13-8-16(26-3)11-19(21(13)24)28(18-7-5-6-15(23)10-18)20-12-17(27-4)9-14(2)22(20)25/h5-12,24-25H,1-4H3. The lowest BCUT2D eigenvalue weighted by Gasteiger charge is -2.24. The zero-order valence-corrected chi connectivity index (χ0v) is 17.8. The highest BCUT2D eigenvalue weighted by Crippen LogP contribution is 2.43. The van der Waals surface area contributed by atoms with E-state index in [1.807, 2.05) is 44.2 Å². The monoisotopic (exact) mass is 416 g/mol. The van der Waals surface area contributed by atoms with Crippen LogP contribution in [0.5, 0.6) is 23.0 Å². The van der Waals surface area contributed by atoms with Crippen molar-refractivity contribution in [3.63, 3.8) is 0 Å². The van der Waals surface area contributed by atoms with Gasteiger partial charge in [0.1, 0.15) is 23.0 Å². The summed E-state index contributed by atoms with van der Waals surface area (Å²) in [6.07, 6.45) is 0. The molecular weight excluding hydrogens is 395 g/mol. The van der Waals surface area contributed by atoms with Crippen molar-refractivity contribution in [1.29, 1.82) is 0 Å². The highest BCUT2D eigenvalue weighted by atomic mass is 35.5. The largest absolute Gasteiger partial charge is 0.507 e. The number of phenolic OH excluding ortho intramolecular Hbond substituents is 2. The van der Waals surface area contributed by atoms with E-state index in [-0.39, 0.29) is 11.5 Å². The molecule has 4 nitrogen and oxygen atoms in total. The summed E-state index contributed by atoms with van der Waals surface area (Å²) in [5.41, 5.74) is 1.39. The summed E-state index contributed by atoms with van der Waals surface area (Å²) in [5.74, 6) is 1.62. The maximum Gasteiger partial charge on any atom is 0.127 e. The minimum absolute atomic E-state index is 0.173. The molecule has 0 heterocycles. The van der Waals surface area contributed by atoms with E-state index in [4.69, 9.17) is 21.1 Å². The number of hydrogen-bond acceptors (Lipinski definition) is 4. The number of aromatic hydroxyl groups is 2. The van der Waals surface area contributed by atoms with Crippen LogP contribution in [-0.4, -0.2) is 24.4 Å². The van der Waals surface area contributed by atoms with Gasteiger partial charge in [-0.15, -0.1) is 0 Å². The maximum absolute atomic E-state index is 10.9. The van der Waals surface area contributed by atoms with E-state index in [9.17, 15) is 10.2 Å². The highest BCUT2D eigenvalue weighted by molar-refractivity contribution is 7.80. The third-order valence-corrected chi connectivity index (χ3v) is 7.20. The van der Waals surface area contributed by atoms with Crippen LogP contribution in [0.2, 0.25) is 5.02 Å². The minimum Gasteiger partial charge on any atom is -0.507 e. The normalized spacial score (nSPS) is 10.9. The lowest BCUT2D eigenvalue weighted by Crippen LogP contribution is -2.22. The smallest absolute Gasteiger partial charge is 0.127 e. The molecule has 0 aliphatic carbocycles. The highest BCUT2D eigenvalue weighted by Gasteiger charge is 2.26. The van der Waals surface area contributed by atoms with Crippen molar-refractivity contribution in [1.82, 2.24) is 0 Å². The number of halogens is 1. The van der Waals surface area contributed by atoms with Gasteiger partial charge in [0, 0.05) is 15.6 Å². The Balaban J connectivity index is 2.36. The second kappa shape index (κ2) is 8.30. The van der Waals surface area contributed by atoms with Gasteiger partial charge < -0.3 is 19.7 Å². The molecule has 3 aromatic carbocycles. The molecule has 146 valence electrons. The first kappa shape index (κ1) is 20.3. The van der Waals surface area contributed by atoms with Gasteiger partial charge in [0.15, 0.2) is 0 Å². The van der Waals surface area contributed by atoms with Crippen LogP contribution in [0, 0.1) is 13.8 Å². The molecule has 0 aliphatic rings. The van der Waals surface area contributed by atoms with Gasteiger partial charge in [-0.25, -0.2) is 0 Å². The molecule has 3 rings (SSSR count). The molecule has 0 fully saturated rings. The average Bonchev–Trinajstić information content (AvgIpc) is 2.68. The topological polar surface area (TPSA) is 58.9 Å². The van der Waals surface area contributed by atoms with Crippen LogP contribution in [-0.2, 0) is 0 Å². The lowest BCUT2D eigenvalue weighted by molar-refractivity contribution is 0.412. The molecule has 0 aromatic heterocycles. The van der Waals surface area contributed by atoms with E-state index in [1.165, 1.54) is 0 Å². The number of rotatable bonds is 5. The first-order valence-electron chi connectivity index (χ1n) is 8.66. The van der Waals surface area contributed by atoms with Crippen molar-refractivity contribution in [2.75, 3.05) is 14.2 Å². The van der Waals surface area contributed by atoms with Crippen molar-refractivity contribution in [2.24, 2.45) is 0 Å². The molecule has 3 aromatic rings. The van der Waals surface area contributed by atoms with Gasteiger partial charge in [-0.2, -0.15) is 0 Å². The first-order valence-corrected chi connectivity index (χ1v) is 10.4. The van der Waals surface area contributed by atoms with Gasteiger partial charge in [-0.05, 0) is 74.6 Å². The zero-order chi connectivity index (χ0) is 20.4. The SMILES string of the molecule is COc1cc(C)c(O)c(P(c2cccc(Cl)c2)c2cc(OC)cc(C)c2O)c1. The maximum atomic E-state index is 10.9. The van der Waals surface area contributed by atoms with Crippen LogP contribution in [0.4, 0.5) is 0 Å². The average molecular weight is 417 g/mol. The summed E-state index contributed by atoms with van der Waals surface area (Å²) in [5, 5.41) is 24.6. The Morgan fingerprint density at radius 3 is 1.71 bits per heavy atom. The Bertz CT molecular complexity index is 960. The summed E-state index contributed by atoms with van der Waals surface area (Å²) >= 11 is 6.26. The van der Waals surface area contributed by atoms with Crippen LogP contribution in [0.1, 0.15) is 11.1 Å². The van der Waals surface area contributed by atoms with Gasteiger partial charge in [-0.3, -0.25) is 0 Å². The molecule has 28 heavy (non-hydrogen) atoms. The van der Waals surface area contributed by atoms with Gasteiger partial charge in [0.2, 0.25) is 0 Å². The van der Waals surface area contributed by atoms with Crippen molar-refractivity contribution in [2.45, 2.75) is 13.8 Å². The number of benzene rings is 3. The Labute approximate surface area is 171 Å². The lowest BCUT2D eigenvalue weighted by atomic mass is 10.2. The first-order chi connectivity index (χ1) is 13.3. The van der Waals surface area contributed by atoms with Crippen LogP contribution < -0.4 is 25.4 Å². The van der Waals surface area contributed by atoms with E-state index < -0.39 is 7.92 Å². The van der Waals surface area contributed by atoms with Gasteiger partial charge >= 0.3 is 0 Å². The Morgan fingerprint density at radius 2 is 1.29 bits per heavy atom. The van der Waals surface area contributed by atoms with Crippen LogP contribution in [0.15, 0.2) is 48.5 Å². The molecule has 0 saturated heterocycles. The van der Waals surface area contributed by atoms with Gasteiger partial charge in [0.05, 0.1) is 14.2 Å². The fraction of sp³-hybridized carbons (Fsp3) is 0.182. The molecule has 0 spiro atoms. The van der Waals surface area contributed by atoms with E-state index in [0.717, 1.165) is 5.30 Å². The molecule has 6 heteroatoms. The summed E-state index contributed by atoms with van der Waals surface area (Å²) in [4.78, 5) is 0. The third-order valence-electron chi connectivity index (χ3n) is 4.53. The van der Waals surface area contributed by atoms with Crippen molar-refractivity contribution < 1.29 is 19.7 Å². The molecule has 0 radical (unpaired) electrons. The second-order valence-corrected chi connectivity index (χ2v) is 9.03. The second-order valence-electron chi connectivity index (χ2n) is 6.44. The van der Waals surface area contributed by atoms with Crippen molar-refractivity contribution in [3.8, 4) is 23.0 Å². The van der Waals surface area contributed by atoms with Crippen LogP contribution in [0.25, 0.3) is 0 Å². The number of aryl methyl sites for hydroxylation is 2. The molecule has 0 saturated carbocycles. The number of phenols is 2. The molecule has 0 bridgehead atoms. The zero-order valence-electron chi connectivity index (χ0n) is 16.2. The van der Waals surface area contributed by atoms with Crippen LogP contribution in [0.3, 0.4) is 0 Å². The predicted octanol–water partition coefficient (Wildman–Crippen LogP) is 4.14. The Hall–Kier alpha value is -2.42. The van der Waals surface area contributed by atoms with E-state index in [1.54, 1.807) is 32.4 Å². The molecule has 0 unspecified atom stereocenters.